The highest BCUT2D eigenvalue weighted by Gasteiger charge is 2.33. The van der Waals surface area contributed by atoms with Gasteiger partial charge in [0, 0.05) is 25.2 Å². The van der Waals surface area contributed by atoms with Crippen LogP contribution in [0.1, 0.15) is 28.5 Å². The molecule has 0 fully saturated rings. The normalized spacial score (nSPS) is 12.3. The van der Waals surface area contributed by atoms with Gasteiger partial charge < -0.3 is 10.6 Å². The van der Waals surface area contributed by atoms with Crippen LogP contribution in [0.2, 0.25) is 0 Å². The van der Waals surface area contributed by atoms with Gasteiger partial charge in [-0.05, 0) is 34.9 Å². The number of anilines is 1. The van der Waals surface area contributed by atoms with Crippen molar-refractivity contribution in [3.8, 4) is 11.1 Å². The van der Waals surface area contributed by atoms with Gasteiger partial charge in [-0.15, -0.1) is 0 Å². The molecule has 1 aromatic heterocycles. The summed E-state index contributed by atoms with van der Waals surface area (Å²) in [6.45, 7) is 9.30. The average molecular weight is 442 g/mol. The first kappa shape index (κ1) is 21.7. The number of amides is 3. The van der Waals surface area contributed by atoms with Crippen molar-refractivity contribution in [3.05, 3.63) is 84.3 Å². The van der Waals surface area contributed by atoms with Crippen LogP contribution < -0.4 is 10.6 Å². The number of rotatable bonds is 6. The van der Waals surface area contributed by atoms with Crippen molar-refractivity contribution in [1.29, 1.82) is 0 Å². The van der Waals surface area contributed by atoms with E-state index in [0.717, 1.165) is 16.7 Å². The summed E-state index contributed by atoms with van der Waals surface area (Å²) in [4.78, 5) is 39.7. The number of fused-ring (bicyclic) bond motifs is 1. The Morgan fingerprint density at radius 2 is 1.76 bits per heavy atom. The topological polar surface area (TPSA) is 109 Å². The third-order valence-electron chi connectivity index (χ3n) is 5.25. The Kier molecular flexibility index (Phi) is 5.61. The maximum Gasteiger partial charge on any atom is 0.271 e. The van der Waals surface area contributed by atoms with Crippen LogP contribution in [0.15, 0.2) is 67.5 Å². The van der Waals surface area contributed by atoms with Crippen molar-refractivity contribution in [2.24, 2.45) is 7.05 Å². The highest BCUT2D eigenvalue weighted by Crippen LogP contribution is 2.34. The van der Waals surface area contributed by atoms with E-state index in [9.17, 15) is 14.4 Å². The fourth-order valence-electron chi connectivity index (χ4n) is 3.64. The molecule has 0 saturated carbocycles. The second-order valence-electron chi connectivity index (χ2n) is 7.58. The van der Waals surface area contributed by atoms with Crippen molar-refractivity contribution >= 4 is 29.1 Å². The lowest BCUT2D eigenvalue weighted by molar-refractivity contribution is -0.117. The summed E-state index contributed by atoms with van der Waals surface area (Å²) in [5, 5.41) is 13.4. The van der Waals surface area contributed by atoms with Gasteiger partial charge in [-0.3, -0.25) is 19.3 Å². The Morgan fingerprint density at radius 1 is 1.06 bits per heavy atom. The highest BCUT2D eigenvalue weighted by atomic mass is 16.2. The van der Waals surface area contributed by atoms with Gasteiger partial charge >= 0.3 is 0 Å². The molecule has 0 radical (unpaired) electrons. The summed E-state index contributed by atoms with van der Waals surface area (Å²) in [6, 6.07) is 12.8. The molecule has 3 aromatic rings. The Hall–Kier alpha value is -4.53. The van der Waals surface area contributed by atoms with Crippen LogP contribution in [0, 0.1) is 0 Å². The number of nitrogens with zero attached hydrogens (tertiary/aromatic N) is 4. The van der Waals surface area contributed by atoms with E-state index in [2.05, 4.69) is 34.0 Å². The first-order chi connectivity index (χ1) is 15.7. The van der Waals surface area contributed by atoms with E-state index in [0.29, 0.717) is 16.9 Å². The Balaban J connectivity index is 1.53. The lowest BCUT2D eigenvalue weighted by Gasteiger charge is -2.18. The molecule has 0 unspecified atom stereocenters. The molecule has 1 aliphatic heterocycles. The quantitative estimate of drug-likeness (QED) is 0.571. The van der Waals surface area contributed by atoms with E-state index < -0.39 is 5.91 Å². The van der Waals surface area contributed by atoms with E-state index in [1.54, 1.807) is 31.3 Å². The number of hydrogen-bond acceptors (Lipinski definition) is 5. The average Bonchev–Trinajstić information content (AvgIpc) is 3.37. The van der Waals surface area contributed by atoms with Crippen molar-refractivity contribution in [2.75, 3.05) is 5.32 Å². The predicted octanol–water partition coefficient (Wildman–Crippen LogP) is 2.70. The fraction of sp³-hybridized carbons (Fsp3) is 0.125. The molecule has 0 aliphatic carbocycles. The molecule has 9 heteroatoms. The molecule has 9 nitrogen and oxygen atoms in total. The largest absolute Gasteiger partial charge is 0.326 e. The molecular weight excluding hydrogens is 420 g/mol. The van der Waals surface area contributed by atoms with Gasteiger partial charge in [0.15, 0.2) is 0 Å². The molecule has 2 N–H and O–H groups in total. The van der Waals surface area contributed by atoms with Gasteiger partial charge in [-0.25, -0.2) is 0 Å². The SMILES string of the molecule is C=C(NC(=O)C(=C)N1Cc2c(cccc2-c2ccc(NC(C)=O)cc2)C1=O)c1cnn(C)n1. The maximum atomic E-state index is 13.1. The number of hydrogen-bond donors (Lipinski definition) is 2. The molecule has 2 heterocycles. The van der Waals surface area contributed by atoms with Crippen molar-refractivity contribution in [1.82, 2.24) is 25.2 Å². The smallest absolute Gasteiger partial charge is 0.271 e. The van der Waals surface area contributed by atoms with Gasteiger partial charge in [0.25, 0.3) is 11.8 Å². The molecule has 1 aliphatic rings. The standard InChI is InChI=1S/C24H22N6O3/c1-14(22-12-25-29(4)28-22)26-23(32)15(2)30-13-21-19(6-5-7-20(21)24(30)33)17-8-10-18(11-9-17)27-16(3)31/h5-12H,1-2,13H2,3-4H3,(H,26,32)(H,27,31). The van der Waals surface area contributed by atoms with Crippen LogP contribution in [0.4, 0.5) is 5.69 Å². The van der Waals surface area contributed by atoms with Crippen LogP contribution in [-0.2, 0) is 23.2 Å². The van der Waals surface area contributed by atoms with Crippen LogP contribution in [0.25, 0.3) is 16.8 Å². The fourth-order valence-corrected chi connectivity index (χ4v) is 3.64. The maximum absolute atomic E-state index is 13.1. The zero-order valence-corrected chi connectivity index (χ0v) is 18.3. The second kappa shape index (κ2) is 8.54. The summed E-state index contributed by atoms with van der Waals surface area (Å²) in [6.07, 6.45) is 1.48. The zero-order chi connectivity index (χ0) is 23.7. The lowest BCUT2D eigenvalue weighted by Crippen LogP contribution is -2.34. The first-order valence-corrected chi connectivity index (χ1v) is 10.1. The third-order valence-corrected chi connectivity index (χ3v) is 5.25. The van der Waals surface area contributed by atoms with Gasteiger partial charge in [-0.2, -0.15) is 15.0 Å². The van der Waals surface area contributed by atoms with Crippen LogP contribution in [-0.4, -0.2) is 37.6 Å². The number of aromatic nitrogens is 3. The molecule has 0 saturated heterocycles. The first-order valence-electron chi connectivity index (χ1n) is 10.1. The summed E-state index contributed by atoms with van der Waals surface area (Å²) < 4.78 is 0. The monoisotopic (exact) mass is 442 g/mol. The molecular formula is C24H22N6O3. The van der Waals surface area contributed by atoms with Crippen LogP contribution >= 0.6 is 0 Å². The van der Waals surface area contributed by atoms with Gasteiger partial charge in [0.1, 0.15) is 11.4 Å². The molecule has 2 aromatic carbocycles. The molecule has 0 spiro atoms. The number of carbonyl (C=O) groups excluding carboxylic acids is 3. The number of aryl methyl sites for hydroxylation is 1. The molecule has 0 bridgehead atoms. The Bertz CT molecular complexity index is 1310. The van der Waals surface area contributed by atoms with Gasteiger partial charge in [0.05, 0.1) is 18.4 Å². The van der Waals surface area contributed by atoms with Gasteiger partial charge in [0.2, 0.25) is 5.91 Å². The molecule has 166 valence electrons. The molecule has 0 atom stereocenters. The molecule has 4 rings (SSSR count). The van der Waals surface area contributed by atoms with E-state index in [1.165, 1.54) is 22.8 Å². The highest BCUT2D eigenvalue weighted by molar-refractivity contribution is 6.07. The number of benzene rings is 2. The molecule has 33 heavy (non-hydrogen) atoms. The van der Waals surface area contributed by atoms with Crippen molar-refractivity contribution in [3.63, 3.8) is 0 Å². The summed E-state index contributed by atoms with van der Waals surface area (Å²) in [7, 11) is 1.66. The Morgan fingerprint density at radius 3 is 2.39 bits per heavy atom. The summed E-state index contributed by atoms with van der Waals surface area (Å²) in [5.41, 5.74) is 4.45. The summed E-state index contributed by atoms with van der Waals surface area (Å²) in [5.74, 6) is -0.997. The predicted molar refractivity (Wildman–Crippen MR) is 123 cm³/mol. The third kappa shape index (κ3) is 4.29. The minimum absolute atomic E-state index is 0.00759. The van der Waals surface area contributed by atoms with E-state index >= 15 is 0 Å². The summed E-state index contributed by atoms with van der Waals surface area (Å²) >= 11 is 0. The number of carbonyl (C=O) groups is 3. The van der Waals surface area contributed by atoms with Crippen molar-refractivity contribution in [2.45, 2.75) is 13.5 Å². The zero-order valence-electron chi connectivity index (χ0n) is 18.3. The van der Waals surface area contributed by atoms with Crippen LogP contribution in [0.3, 0.4) is 0 Å². The second-order valence-corrected chi connectivity index (χ2v) is 7.58. The Labute approximate surface area is 190 Å². The minimum Gasteiger partial charge on any atom is -0.326 e. The molecule has 3 amide bonds. The van der Waals surface area contributed by atoms with E-state index in [1.807, 2.05) is 18.2 Å². The number of nitrogens with one attached hydrogen (secondary N) is 2. The lowest BCUT2D eigenvalue weighted by atomic mass is 9.97. The minimum atomic E-state index is -0.548. The van der Waals surface area contributed by atoms with Crippen molar-refractivity contribution < 1.29 is 14.4 Å². The van der Waals surface area contributed by atoms with Crippen LogP contribution in [0.5, 0.6) is 0 Å². The van der Waals surface area contributed by atoms with E-state index in [-0.39, 0.29) is 29.8 Å². The van der Waals surface area contributed by atoms with E-state index in [4.69, 9.17) is 0 Å². The van der Waals surface area contributed by atoms with Gasteiger partial charge in [-0.1, -0.05) is 37.4 Å².